The maximum atomic E-state index is 9.40. The van der Waals surface area contributed by atoms with Gasteiger partial charge >= 0.3 is 0 Å². The topological polar surface area (TPSA) is 38.7 Å². The van der Waals surface area contributed by atoms with Crippen LogP contribution in [0.25, 0.3) is 0 Å². The molecule has 0 bridgehead atoms. The van der Waals surface area contributed by atoms with Crippen molar-refractivity contribution < 1.29 is 14.6 Å². The van der Waals surface area contributed by atoms with Gasteiger partial charge in [-0.3, -0.25) is 0 Å². The van der Waals surface area contributed by atoms with Crippen LogP contribution in [0.5, 0.6) is 11.5 Å². The Kier molecular flexibility index (Phi) is 2.76. The van der Waals surface area contributed by atoms with Crippen molar-refractivity contribution in [3.8, 4) is 11.5 Å². The predicted molar refractivity (Wildman–Crippen MR) is 62.4 cm³/mol. The average molecular weight is 243 g/mol. The molecule has 0 atom stereocenters. The SMILES string of the molecule is Cc1c(C(C)(C)CO)cc(Cl)c2c1OCO2. The normalized spacial score (nSPS) is 14.3. The predicted octanol–water partition coefficient (Wildman–Crippen LogP) is 2.65. The van der Waals surface area contributed by atoms with Crippen molar-refractivity contribution in [3.63, 3.8) is 0 Å². The van der Waals surface area contributed by atoms with Crippen molar-refractivity contribution in [1.29, 1.82) is 0 Å². The van der Waals surface area contributed by atoms with Gasteiger partial charge in [0.1, 0.15) is 0 Å². The van der Waals surface area contributed by atoms with Crippen molar-refractivity contribution in [3.05, 3.63) is 22.2 Å². The highest BCUT2D eigenvalue weighted by atomic mass is 35.5. The summed E-state index contributed by atoms with van der Waals surface area (Å²) in [6.07, 6.45) is 0. The van der Waals surface area contributed by atoms with Gasteiger partial charge in [0.25, 0.3) is 0 Å². The van der Waals surface area contributed by atoms with Gasteiger partial charge in [-0.2, -0.15) is 0 Å². The van der Waals surface area contributed by atoms with E-state index < -0.39 is 0 Å². The van der Waals surface area contributed by atoms with Crippen LogP contribution in [0, 0.1) is 6.92 Å². The molecule has 1 aliphatic rings. The summed E-state index contributed by atoms with van der Waals surface area (Å²) in [5.41, 5.74) is 1.63. The molecule has 0 saturated heterocycles. The zero-order valence-electron chi connectivity index (χ0n) is 9.63. The number of aliphatic hydroxyl groups is 1. The molecule has 4 heteroatoms. The number of hydrogen-bond donors (Lipinski definition) is 1. The fourth-order valence-electron chi connectivity index (χ4n) is 1.95. The number of aliphatic hydroxyl groups excluding tert-OH is 1. The van der Waals surface area contributed by atoms with E-state index >= 15 is 0 Å². The van der Waals surface area contributed by atoms with Gasteiger partial charge < -0.3 is 14.6 Å². The number of ether oxygens (including phenoxy) is 2. The standard InChI is InChI=1S/C12H15ClO3/c1-7-8(12(2,3)5-14)4-9(13)11-10(7)15-6-16-11/h4,14H,5-6H2,1-3H3. The van der Waals surface area contributed by atoms with Gasteiger partial charge in [-0.1, -0.05) is 25.4 Å². The Hall–Kier alpha value is -0.930. The van der Waals surface area contributed by atoms with E-state index in [2.05, 4.69) is 0 Å². The maximum absolute atomic E-state index is 9.40. The van der Waals surface area contributed by atoms with Crippen molar-refractivity contribution >= 4 is 11.6 Å². The highest BCUT2D eigenvalue weighted by Gasteiger charge is 2.29. The van der Waals surface area contributed by atoms with E-state index in [9.17, 15) is 5.11 Å². The quantitative estimate of drug-likeness (QED) is 0.867. The zero-order chi connectivity index (χ0) is 11.9. The van der Waals surface area contributed by atoms with Crippen molar-refractivity contribution in [2.75, 3.05) is 13.4 Å². The summed E-state index contributed by atoms with van der Waals surface area (Å²) in [6, 6.07) is 1.85. The van der Waals surface area contributed by atoms with E-state index in [0.717, 1.165) is 11.1 Å². The molecule has 0 amide bonds. The van der Waals surface area contributed by atoms with Crippen molar-refractivity contribution in [2.24, 2.45) is 0 Å². The van der Waals surface area contributed by atoms with Gasteiger partial charge in [-0.25, -0.2) is 0 Å². The number of rotatable bonds is 2. The number of hydrogen-bond acceptors (Lipinski definition) is 3. The lowest BCUT2D eigenvalue weighted by Gasteiger charge is -2.25. The summed E-state index contributed by atoms with van der Waals surface area (Å²) in [5.74, 6) is 1.31. The molecule has 0 aliphatic carbocycles. The Morgan fingerprint density at radius 3 is 2.62 bits per heavy atom. The molecule has 0 saturated carbocycles. The molecule has 1 N–H and O–H groups in total. The van der Waals surface area contributed by atoms with Gasteiger partial charge in [0, 0.05) is 5.41 Å². The van der Waals surface area contributed by atoms with Gasteiger partial charge in [0.05, 0.1) is 11.6 Å². The minimum absolute atomic E-state index is 0.0593. The smallest absolute Gasteiger partial charge is 0.231 e. The first-order valence-corrected chi connectivity index (χ1v) is 5.55. The summed E-state index contributed by atoms with van der Waals surface area (Å²) >= 11 is 6.12. The third-order valence-corrected chi connectivity index (χ3v) is 3.25. The van der Waals surface area contributed by atoms with Crippen LogP contribution in [0.4, 0.5) is 0 Å². The van der Waals surface area contributed by atoms with E-state index in [1.54, 1.807) is 0 Å². The molecule has 0 radical (unpaired) electrons. The lowest BCUT2D eigenvalue weighted by molar-refractivity contribution is 0.173. The number of fused-ring (bicyclic) bond motifs is 1. The van der Waals surface area contributed by atoms with Crippen LogP contribution in [0.3, 0.4) is 0 Å². The van der Waals surface area contributed by atoms with E-state index in [1.807, 2.05) is 26.8 Å². The van der Waals surface area contributed by atoms with E-state index in [0.29, 0.717) is 16.5 Å². The summed E-state index contributed by atoms with van der Waals surface area (Å²) in [4.78, 5) is 0. The lowest BCUT2D eigenvalue weighted by Crippen LogP contribution is -2.23. The molecule has 0 fully saturated rings. The molecule has 16 heavy (non-hydrogen) atoms. The first-order valence-electron chi connectivity index (χ1n) is 5.17. The van der Waals surface area contributed by atoms with Gasteiger partial charge in [0.15, 0.2) is 11.5 Å². The highest BCUT2D eigenvalue weighted by Crippen LogP contribution is 2.45. The fourth-order valence-corrected chi connectivity index (χ4v) is 2.19. The molecular formula is C12H15ClO3. The summed E-state index contributed by atoms with van der Waals surface area (Å²) in [7, 11) is 0. The van der Waals surface area contributed by atoms with Gasteiger partial charge in [-0.15, -0.1) is 0 Å². The molecule has 1 aliphatic heterocycles. The molecule has 1 aromatic rings. The van der Waals surface area contributed by atoms with Crippen molar-refractivity contribution in [2.45, 2.75) is 26.2 Å². The molecular weight excluding hydrogens is 228 g/mol. The minimum Gasteiger partial charge on any atom is -0.453 e. The maximum Gasteiger partial charge on any atom is 0.231 e. The monoisotopic (exact) mass is 242 g/mol. The molecule has 1 aromatic carbocycles. The Morgan fingerprint density at radius 1 is 1.38 bits per heavy atom. The molecule has 0 unspecified atom stereocenters. The van der Waals surface area contributed by atoms with Gasteiger partial charge in [-0.05, 0) is 24.1 Å². The summed E-state index contributed by atoms with van der Waals surface area (Å²) in [6.45, 7) is 6.15. The third-order valence-electron chi connectivity index (χ3n) is 2.97. The fraction of sp³-hybridized carbons (Fsp3) is 0.500. The molecule has 0 aromatic heterocycles. The van der Waals surface area contributed by atoms with Crippen LogP contribution in [0.2, 0.25) is 5.02 Å². The van der Waals surface area contributed by atoms with E-state index in [1.165, 1.54) is 0 Å². The number of halogens is 1. The second-order valence-corrected chi connectivity index (χ2v) is 5.04. The molecule has 1 heterocycles. The lowest BCUT2D eigenvalue weighted by atomic mass is 9.82. The van der Waals surface area contributed by atoms with Crippen LogP contribution in [-0.2, 0) is 5.41 Å². The molecule has 2 rings (SSSR count). The second kappa shape index (κ2) is 3.82. The van der Waals surface area contributed by atoms with Crippen LogP contribution in [-0.4, -0.2) is 18.5 Å². The molecule has 3 nitrogen and oxygen atoms in total. The molecule has 0 spiro atoms. The first kappa shape index (κ1) is 11.6. The van der Waals surface area contributed by atoms with Crippen LogP contribution >= 0.6 is 11.6 Å². The Labute approximate surface area is 99.9 Å². The van der Waals surface area contributed by atoms with Crippen LogP contribution in [0.15, 0.2) is 6.07 Å². The number of benzene rings is 1. The molecule has 88 valence electrons. The zero-order valence-corrected chi connectivity index (χ0v) is 10.4. The van der Waals surface area contributed by atoms with Crippen molar-refractivity contribution in [1.82, 2.24) is 0 Å². The summed E-state index contributed by atoms with van der Waals surface area (Å²) in [5, 5.41) is 9.93. The van der Waals surface area contributed by atoms with Gasteiger partial charge in [0.2, 0.25) is 6.79 Å². The third kappa shape index (κ3) is 1.64. The minimum atomic E-state index is -0.339. The Balaban J connectivity index is 2.61. The Morgan fingerprint density at radius 2 is 2.00 bits per heavy atom. The average Bonchev–Trinajstić information content (AvgIpc) is 2.72. The summed E-state index contributed by atoms with van der Waals surface area (Å²) < 4.78 is 10.7. The van der Waals surface area contributed by atoms with E-state index in [-0.39, 0.29) is 18.8 Å². The van der Waals surface area contributed by atoms with Crippen LogP contribution in [0.1, 0.15) is 25.0 Å². The van der Waals surface area contributed by atoms with Crippen LogP contribution < -0.4 is 9.47 Å². The first-order chi connectivity index (χ1) is 7.47. The Bertz CT molecular complexity index is 427. The second-order valence-electron chi connectivity index (χ2n) is 4.64. The highest BCUT2D eigenvalue weighted by molar-refractivity contribution is 6.32. The van der Waals surface area contributed by atoms with E-state index in [4.69, 9.17) is 21.1 Å². The largest absolute Gasteiger partial charge is 0.453 e.